The molecular weight excluding hydrogens is 262 g/mol. The van der Waals surface area contributed by atoms with Crippen LogP contribution in [0.15, 0.2) is 12.3 Å². The molecule has 1 aromatic heterocycles. The van der Waals surface area contributed by atoms with E-state index in [0.29, 0.717) is 11.3 Å². The molecule has 1 aromatic rings. The van der Waals surface area contributed by atoms with Gasteiger partial charge in [-0.2, -0.15) is 0 Å². The Morgan fingerprint density at radius 3 is 2.38 bits per heavy atom. The van der Waals surface area contributed by atoms with Gasteiger partial charge in [0.1, 0.15) is 0 Å². The van der Waals surface area contributed by atoms with E-state index in [4.69, 9.17) is 5.73 Å². The summed E-state index contributed by atoms with van der Waals surface area (Å²) < 4.78 is 0. The second-order valence-electron chi connectivity index (χ2n) is 7.55. The summed E-state index contributed by atoms with van der Waals surface area (Å²) in [7, 11) is 0. The van der Waals surface area contributed by atoms with E-state index in [0.717, 1.165) is 23.4 Å². The van der Waals surface area contributed by atoms with Gasteiger partial charge in [0.25, 0.3) is 5.91 Å². The number of carbonyl (C=O) groups excluding carboxylic acids is 1. The van der Waals surface area contributed by atoms with Gasteiger partial charge in [-0.05, 0) is 69.3 Å². The number of carbonyl (C=O) groups is 1. The van der Waals surface area contributed by atoms with Crippen molar-refractivity contribution in [3.63, 3.8) is 0 Å². The molecule has 1 amide bonds. The largest absolute Gasteiger partial charge is 0.397 e. The van der Waals surface area contributed by atoms with Gasteiger partial charge in [0, 0.05) is 5.54 Å². The number of anilines is 1. The molecule has 0 saturated heterocycles. The first-order valence-electron chi connectivity index (χ1n) is 8.08. The number of aromatic nitrogens is 1. The number of amides is 1. The summed E-state index contributed by atoms with van der Waals surface area (Å²) in [5.41, 5.74) is 7.77. The first-order valence-corrected chi connectivity index (χ1v) is 8.08. The molecule has 0 atom stereocenters. The summed E-state index contributed by atoms with van der Waals surface area (Å²) in [5, 5.41) is 3.37. The Morgan fingerprint density at radius 2 is 1.81 bits per heavy atom. The normalized spacial score (nSPS) is 36.7. The summed E-state index contributed by atoms with van der Waals surface area (Å²) >= 11 is 0. The Morgan fingerprint density at radius 1 is 1.24 bits per heavy atom. The Bertz CT molecular complexity index is 560. The maximum Gasteiger partial charge on any atom is 0.253 e. The van der Waals surface area contributed by atoms with Crippen LogP contribution >= 0.6 is 0 Å². The fourth-order valence-electron chi connectivity index (χ4n) is 5.35. The van der Waals surface area contributed by atoms with Crippen molar-refractivity contribution in [2.75, 3.05) is 5.73 Å². The lowest BCUT2D eigenvalue weighted by Crippen LogP contribution is -2.59. The predicted molar refractivity (Wildman–Crippen MR) is 81.8 cm³/mol. The lowest BCUT2D eigenvalue weighted by molar-refractivity contribution is -0.0167. The molecule has 5 rings (SSSR count). The van der Waals surface area contributed by atoms with E-state index in [1.807, 2.05) is 6.92 Å². The second kappa shape index (κ2) is 4.46. The van der Waals surface area contributed by atoms with Crippen LogP contribution in [0, 0.1) is 24.7 Å². The Balaban J connectivity index is 1.58. The Hall–Kier alpha value is -1.58. The lowest BCUT2D eigenvalue weighted by atomic mass is 9.53. The average molecular weight is 285 g/mol. The molecule has 4 aliphatic carbocycles. The van der Waals surface area contributed by atoms with E-state index in [2.05, 4.69) is 10.3 Å². The van der Waals surface area contributed by atoms with Crippen LogP contribution in [-0.4, -0.2) is 16.4 Å². The van der Waals surface area contributed by atoms with Gasteiger partial charge in [-0.3, -0.25) is 9.78 Å². The molecule has 0 aromatic carbocycles. The maximum absolute atomic E-state index is 12.7. The van der Waals surface area contributed by atoms with Gasteiger partial charge in [0.15, 0.2) is 0 Å². The average Bonchev–Trinajstić information content (AvgIpc) is 2.39. The van der Waals surface area contributed by atoms with Crippen LogP contribution in [-0.2, 0) is 0 Å². The number of hydrogen-bond acceptors (Lipinski definition) is 3. The molecule has 4 heteroatoms. The maximum atomic E-state index is 12.7. The zero-order valence-electron chi connectivity index (χ0n) is 12.6. The fraction of sp³-hybridized carbons (Fsp3) is 0.647. The van der Waals surface area contributed by atoms with Gasteiger partial charge in [-0.15, -0.1) is 0 Å². The summed E-state index contributed by atoms with van der Waals surface area (Å²) in [5.74, 6) is 2.50. The van der Waals surface area contributed by atoms with Crippen molar-refractivity contribution in [3.8, 4) is 0 Å². The van der Waals surface area contributed by atoms with E-state index in [1.54, 1.807) is 12.3 Å². The van der Waals surface area contributed by atoms with E-state index < -0.39 is 0 Å². The predicted octanol–water partition coefficient (Wildman–Crippen LogP) is 2.67. The van der Waals surface area contributed by atoms with Crippen LogP contribution in [0.2, 0.25) is 0 Å². The van der Waals surface area contributed by atoms with Crippen molar-refractivity contribution >= 4 is 11.6 Å². The number of nitrogen functional groups attached to an aromatic ring is 1. The smallest absolute Gasteiger partial charge is 0.253 e. The summed E-state index contributed by atoms with van der Waals surface area (Å²) in [6.07, 6.45) is 9.26. The Kier molecular flexibility index (Phi) is 2.78. The molecule has 4 saturated carbocycles. The zero-order chi connectivity index (χ0) is 14.6. The molecule has 0 radical (unpaired) electrons. The standard InChI is InChI=1S/C17H23N3O/c1-10-15(5-14(18)9-19-10)16(21)20-17-6-11-2-12(7-17)4-13(3-11)8-17/h5,9,11-13H,2-4,6-8,18H2,1H3,(H,20,21). The van der Waals surface area contributed by atoms with Gasteiger partial charge in [0.05, 0.1) is 23.1 Å². The van der Waals surface area contributed by atoms with Crippen molar-refractivity contribution in [3.05, 3.63) is 23.5 Å². The van der Waals surface area contributed by atoms with E-state index in [1.165, 1.54) is 38.5 Å². The number of nitrogens with zero attached hydrogens (tertiary/aromatic N) is 1. The third-order valence-corrected chi connectivity index (χ3v) is 5.77. The molecule has 4 fully saturated rings. The fourth-order valence-corrected chi connectivity index (χ4v) is 5.35. The van der Waals surface area contributed by atoms with Crippen LogP contribution < -0.4 is 11.1 Å². The first kappa shape index (κ1) is 13.1. The van der Waals surface area contributed by atoms with Crippen LogP contribution in [0.3, 0.4) is 0 Å². The van der Waals surface area contributed by atoms with E-state index in [9.17, 15) is 4.79 Å². The highest BCUT2D eigenvalue weighted by molar-refractivity contribution is 5.96. The van der Waals surface area contributed by atoms with E-state index in [-0.39, 0.29) is 11.4 Å². The quantitative estimate of drug-likeness (QED) is 0.878. The molecular formula is C17H23N3O. The molecule has 0 spiro atoms. The van der Waals surface area contributed by atoms with Crippen molar-refractivity contribution in [1.29, 1.82) is 0 Å². The number of aryl methyl sites for hydroxylation is 1. The zero-order valence-corrected chi connectivity index (χ0v) is 12.6. The SMILES string of the molecule is Cc1ncc(N)cc1C(=O)NC12CC3CC(CC(C3)C1)C2. The molecule has 4 nitrogen and oxygen atoms in total. The molecule has 3 N–H and O–H groups in total. The number of rotatable bonds is 2. The second-order valence-corrected chi connectivity index (χ2v) is 7.55. The molecule has 21 heavy (non-hydrogen) atoms. The monoisotopic (exact) mass is 285 g/mol. The number of nitrogens with one attached hydrogen (secondary N) is 1. The van der Waals surface area contributed by atoms with Gasteiger partial charge < -0.3 is 11.1 Å². The molecule has 4 aliphatic rings. The van der Waals surface area contributed by atoms with Gasteiger partial charge >= 0.3 is 0 Å². The van der Waals surface area contributed by atoms with Crippen molar-refractivity contribution in [2.24, 2.45) is 17.8 Å². The van der Waals surface area contributed by atoms with Crippen molar-refractivity contribution in [2.45, 2.75) is 51.0 Å². The van der Waals surface area contributed by atoms with Crippen molar-refractivity contribution in [1.82, 2.24) is 10.3 Å². The van der Waals surface area contributed by atoms with Crippen LogP contribution in [0.5, 0.6) is 0 Å². The van der Waals surface area contributed by atoms with Crippen LogP contribution in [0.1, 0.15) is 54.6 Å². The molecule has 0 unspecified atom stereocenters. The van der Waals surface area contributed by atoms with Gasteiger partial charge in [0.2, 0.25) is 0 Å². The van der Waals surface area contributed by atoms with Crippen LogP contribution in [0.4, 0.5) is 5.69 Å². The minimum atomic E-state index is 0.00856. The third kappa shape index (κ3) is 2.21. The minimum Gasteiger partial charge on any atom is -0.397 e. The van der Waals surface area contributed by atoms with Gasteiger partial charge in [-0.1, -0.05) is 0 Å². The first-order chi connectivity index (χ1) is 10.0. The summed E-state index contributed by atoms with van der Waals surface area (Å²) in [4.78, 5) is 16.9. The van der Waals surface area contributed by atoms with Gasteiger partial charge in [-0.25, -0.2) is 0 Å². The third-order valence-electron chi connectivity index (χ3n) is 5.77. The number of pyridine rings is 1. The number of hydrogen-bond donors (Lipinski definition) is 2. The molecule has 112 valence electrons. The molecule has 0 aliphatic heterocycles. The highest BCUT2D eigenvalue weighted by Gasteiger charge is 2.51. The minimum absolute atomic E-state index is 0.00856. The topological polar surface area (TPSA) is 68.0 Å². The molecule has 1 heterocycles. The highest BCUT2D eigenvalue weighted by Crippen LogP contribution is 2.55. The molecule has 4 bridgehead atoms. The Labute approximate surface area is 125 Å². The summed E-state index contributed by atoms with van der Waals surface area (Å²) in [6, 6.07) is 1.75. The lowest BCUT2D eigenvalue weighted by Gasteiger charge is -2.56. The van der Waals surface area contributed by atoms with Crippen molar-refractivity contribution < 1.29 is 4.79 Å². The van der Waals surface area contributed by atoms with Crippen LogP contribution in [0.25, 0.3) is 0 Å². The highest BCUT2D eigenvalue weighted by atomic mass is 16.1. The number of nitrogens with two attached hydrogens (primary N) is 1. The summed E-state index contributed by atoms with van der Waals surface area (Å²) in [6.45, 7) is 1.87. The van der Waals surface area contributed by atoms with E-state index >= 15 is 0 Å².